The third-order valence-corrected chi connectivity index (χ3v) is 3.90. The Bertz CT molecular complexity index is 195. The fourth-order valence-electron chi connectivity index (χ4n) is 2.41. The molecule has 0 bridgehead atoms. The SMILES string of the molecule is COCC1CCCN(CCNC(C)C(C)C)C1. The first-order valence-corrected chi connectivity index (χ1v) is 7.08. The third kappa shape index (κ3) is 5.84. The van der Waals surface area contributed by atoms with Gasteiger partial charge in [-0.05, 0) is 38.1 Å². The minimum absolute atomic E-state index is 0.620. The van der Waals surface area contributed by atoms with E-state index < -0.39 is 0 Å². The predicted octanol–water partition coefficient (Wildman–Crippen LogP) is 1.98. The van der Waals surface area contributed by atoms with E-state index in [4.69, 9.17) is 4.74 Å². The summed E-state index contributed by atoms with van der Waals surface area (Å²) >= 11 is 0. The van der Waals surface area contributed by atoms with Gasteiger partial charge in [0.1, 0.15) is 0 Å². The zero-order chi connectivity index (χ0) is 12.7. The van der Waals surface area contributed by atoms with Crippen LogP contribution in [0.15, 0.2) is 0 Å². The van der Waals surface area contributed by atoms with E-state index >= 15 is 0 Å². The highest BCUT2D eigenvalue weighted by Crippen LogP contribution is 2.16. The molecule has 1 saturated heterocycles. The largest absolute Gasteiger partial charge is 0.384 e. The molecule has 0 aromatic heterocycles. The lowest BCUT2D eigenvalue weighted by Gasteiger charge is -2.32. The first-order valence-electron chi connectivity index (χ1n) is 7.08. The lowest BCUT2D eigenvalue weighted by atomic mass is 9.99. The number of hydrogen-bond acceptors (Lipinski definition) is 3. The summed E-state index contributed by atoms with van der Waals surface area (Å²) in [6.45, 7) is 12.5. The van der Waals surface area contributed by atoms with Crippen molar-refractivity contribution in [3.8, 4) is 0 Å². The van der Waals surface area contributed by atoms with E-state index in [0.29, 0.717) is 6.04 Å². The number of methoxy groups -OCH3 is 1. The van der Waals surface area contributed by atoms with Gasteiger partial charge in [-0.3, -0.25) is 0 Å². The van der Waals surface area contributed by atoms with Crippen LogP contribution in [-0.2, 0) is 4.74 Å². The van der Waals surface area contributed by atoms with Crippen molar-refractivity contribution in [2.24, 2.45) is 11.8 Å². The number of rotatable bonds is 7. The Morgan fingerprint density at radius 2 is 2.12 bits per heavy atom. The maximum Gasteiger partial charge on any atom is 0.0502 e. The van der Waals surface area contributed by atoms with E-state index in [2.05, 4.69) is 31.0 Å². The highest BCUT2D eigenvalue weighted by molar-refractivity contribution is 4.74. The van der Waals surface area contributed by atoms with Crippen molar-refractivity contribution in [2.45, 2.75) is 39.7 Å². The third-order valence-electron chi connectivity index (χ3n) is 3.90. The lowest BCUT2D eigenvalue weighted by Crippen LogP contribution is -2.42. The molecule has 0 aromatic carbocycles. The van der Waals surface area contributed by atoms with E-state index in [9.17, 15) is 0 Å². The zero-order valence-electron chi connectivity index (χ0n) is 12.0. The monoisotopic (exact) mass is 242 g/mol. The van der Waals surface area contributed by atoms with Gasteiger partial charge in [-0.1, -0.05) is 13.8 Å². The lowest BCUT2D eigenvalue weighted by molar-refractivity contribution is 0.0905. The summed E-state index contributed by atoms with van der Waals surface area (Å²) in [7, 11) is 1.81. The Labute approximate surface area is 107 Å². The van der Waals surface area contributed by atoms with E-state index in [0.717, 1.165) is 25.0 Å². The molecule has 0 aromatic rings. The standard InChI is InChI=1S/C14H30N2O/c1-12(2)13(3)15-7-9-16-8-5-6-14(10-16)11-17-4/h12-15H,5-11H2,1-4H3. The van der Waals surface area contributed by atoms with Crippen LogP contribution in [0.2, 0.25) is 0 Å². The molecule has 0 radical (unpaired) electrons. The second-order valence-electron chi connectivity index (χ2n) is 5.75. The predicted molar refractivity (Wildman–Crippen MR) is 73.3 cm³/mol. The van der Waals surface area contributed by atoms with Crippen LogP contribution in [0.1, 0.15) is 33.6 Å². The Morgan fingerprint density at radius 1 is 1.35 bits per heavy atom. The van der Waals surface area contributed by atoms with E-state index in [1.165, 1.54) is 32.5 Å². The van der Waals surface area contributed by atoms with E-state index in [1.54, 1.807) is 0 Å². The van der Waals surface area contributed by atoms with Crippen LogP contribution in [0, 0.1) is 11.8 Å². The van der Waals surface area contributed by atoms with Crippen molar-refractivity contribution in [1.82, 2.24) is 10.2 Å². The number of ether oxygens (including phenoxy) is 1. The number of nitrogens with one attached hydrogen (secondary N) is 1. The molecule has 2 atom stereocenters. The summed E-state index contributed by atoms with van der Waals surface area (Å²) < 4.78 is 5.26. The van der Waals surface area contributed by atoms with Gasteiger partial charge in [-0.25, -0.2) is 0 Å². The number of hydrogen-bond donors (Lipinski definition) is 1. The average Bonchev–Trinajstić information content (AvgIpc) is 2.29. The highest BCUT2D eigenvalue weighted by Gasteiger charge is 2.19. The van der Waals surface area contributed by atoms with Gasteiger partial charge in [0.2, 0.25) is 0 Å². The smallest absolute Gasteiger partial charge is 0.0502 e. The quantitative estimate of drug-likeness (QED) is 0.739. The van der Waals surface area contributed by atoms with Crippen molar-refractivity contribution < 1.29 is 4.74 Å². The van der Waals surface area contributed by atoms with Crippen molar-refractivity contribution in [3.63, 3.8) is 0 Å². The summed E-state index contributed by atoms with van der Waals surface area (Å²) in [5, 5.41) is 3.60. The minimum atomic E-state index is 0.620. The summed E-state index contributed by atoms with van der Waals surface area (Å²) in [5.74, 6) is 1.47. The molecule has 0 spiro atoms. The number of likely N-dealkylation sites (tertiary alicyclic amines) is 1. The summed E-state index contributed by atoms with van der Waals surface area (Å²) in [4.78, 5) is 2.58. The van der Waals surface area contributed by atoms with Crippen LogP contribution in [0.25, 0.3) is 0 Å². The first kappa shape index (κ1) is 14.9. The maximum atomic E-state index is 5.26. The molecule has 0 aliphatic carbocycles. The highest BCUT2D eigenvalue weighted by atomic mass is 16.5. The summed E-state index contributed by atoms with van der Waals surface area (Å²) in [5.41, 5.74) is 0. The van der Waals surface area contributed by atoms with E-state index in [1.807, 2.05) is 7.11 Å². The molecule has 3 heteroatoms. The van der Waals surface area contributed by atoms with Crippen LogP contribution in [0.4, 0.5) is 0 Å². The van der Waals surface area contributed by atoms with Crippen LogP contribution >= 0.6 is 0 Å². The molecular formula is C14H30N2O. The molecule has 2 unspecified atom stereocenters. The van der Waals surface area contributed by atoms with Crippen LogP contribution < -0.4 is 5.32 Å². The minimum Gasteiger partial charge on any atom is -0.384 e. The molecule has 1 aliphatic heterocycles. The van der Waals surface area contributed by atoms with Crippen LogP contribution in [0.3, 0.4) is 0 Å². The van der Waals surface area contributed by atoms with Crippen molar-refractivity contribution in [3.05, 3.63) is 0 Å². The van der Waals surface area contributed by atoms with Gasteiger partial charge < -0.3 is 15.0 Å². The molecule has 3 nitrogen and oxygen atoms in total. The molecular weight excluding hydrogens is 212 g/mol. The second kappa shape index (κ2) is 8.06. The first-order chi connectivity index (χ1) is 8.13. The van der Waals surface area contributed by atoms with Crippen molar-refractivity contribution in [2.75, 3.05) is 39.9 Å². The Morgan fingerprint density at radius 3 is 2.76 bits per heavy atom. The van der Waals surface area contributed by atoms with Crippen LogP contribution in [-0.4, -0.2) is 50.8 Å². The summed E-state index contributed by atoms with van der Waals surface area (Å²) in [6.07, 6.45) is 2.66. The maximum absolute atomic E-state index is 5.26. The normalized spacial score (nSPS) is 24.2. The molecule has 1 N–H and O–H groups in total. The molecule has 102 valence electrons. The van der Waals surface area contributed by atoms with Gasteiger partial charge in [0, 0.05) is 32.8 Å². The fraction of sp³-hybridized carbons (Fsp3) is 1.00. The Hall–Kier alpha value is -0.120. The number of piperidine rings is 1. The number of nitrogens with zero attached hydrogens (tertiary/aromatic N) is 1. The van der Waals surface area contributed by atoms with Crippen molar-refractivity contribution in [1.29, 1.82) is 0 Å². The van der Waals surface area contributed by atoms with Crippen molar-refractivity contribution >= 4 is 0 Å². The average molecular weight is 242 g/mol. The molecule has 1 heterocycles. The van der Waals surface area contributed by atoms with Gasteiger partial charge in [-0.2, -0.15) is 0 Å². The van der Waals surface area contributed by atoms with Gasteiger partial charge >= 0.3 is 0 Å². The van der Waals surface area contributed by atoms with Crippen LogP contribution in [0.5, 0.6) is 0 Å². The molecule has 17 heavy (non-hydrogen) atoms. The Kier molecular flexibility index (Phi) is 7.09. The molecule has 0 amide bonds. The second-order valence-corrected chi connectivity index (χ2v) is 5.75. The molecule has 1 rings (SSSR count). The van der Waals surface area contributed by atoms with Gasteiger partial charge in [0.05, 0.1) is 6.61 Å². The van der Waals surface area contributed by atoms with Gasteiger partial charge in [0.15, 0.2) is 0 Å². The molecule has 0 saturated carbocycles. The van der Waals surface area contributed by atoms with E-state index in [-0.39, 0.29) is 0 Å². The topological polar surface area (TPSA) is 24.5 Å². The molecule has 1 aliphatic rings. The zero-order valence-corrected chi connectivity index (χ0v) is 12.0. The molecule has 1 fully saturated rings. The Balaban J connectivity index is 2.14. The fourth-order valence-corrected chi connectivity index (χ4v) is 2.41. The van der Waals surface area contributed by atoms with Gasteiger partial charge in [-0.15, -0.1) is 0 Å². The summed E-state index contributed by atoms with van der Waals surface area (Å²) in [6, 6.07) is 0.620. The van der Waals surface area contributed by atoms with Gasteiger partial charge in [0.25, 0.3) is 0 Å².